The van der Waals surface area contributed by atoms with E-state index in [0.29, 0.717) is 13.2 Å². The Morgan fingerprint density at radius 1 is 1.17 bits per heavy atom. The molecule has 0 bridgehead atoms. The Kier molecular flexibility index (Phi) is 6.38. The fraction of sp³-hybridized carbons (Fsp3) is 0.357. The van der Waals surface area contributed by atoms with E-state index in [1.165, 1.54) is 0 Å². The standard InChI is InChI=1S/C14H17O3.Li/c1-3-15-14(16-4-2)9-11-10-17-13-8-6-5-7-12(11)13;/h5-10,14H,3-4H2,1-2H3;/q-1;+1. The molecule has 1 aromatic carbocycles. The number of para-hydroxylation sites is 1. The molecule has 3 nitrogen and oxygen atoms in total. The van der Waals surface area contributed by atoms with E-state index in [0.717, 1.165) is 16.5 Å². The second-order valence-electron chi connectivity index (χ2n) is 3.63. The molecule has 0 radical (unpaired) electrons. The number of benzene rings is 1. The molecule has 0 aliphatic carbocycles. The molecule has 2 rings (SSSR count). The first-order valence-corrected chi connectivity index (χ1v) is 5.89. The fourth-order valence-electron chi connectivity index (χ4n) is 1.75. The molecule has 1 aromatic heterocycles. The molecule has 1 heterocycles. The SMILES string of the molecule is CCOC([CH-]c1coc2ccccc12)OCC.[Li+]. The van der Waals surface area contributed by atoms with Gasteiger partial charge < -0.3 is 13.9 Å². The Labute approximate surface area is 120 Å². The predicted molar refractivity (Wildman–Crippen MR) is 66.7 cm³/mol. The van der Waals surface area contributed by atoms with Crippen molar-refractivity contribution in [2.45, 2.75) is 20.1 Å². The summed E-state index contributed by atoms with van der Waals surface area (Å²) in [4.78, 5) is 0. The van der Waals surface area contributed by atoms with Crippen LogP contribution in [0, 0.1) is 6.42 Å². The maximum atomic E-state index is 5.49. The van der Waals surface area contributed by atoms with Gasteiger partial charge in [0, 0.05) is 13.2 Å². The van der Waals surface area contributed by atoms with Crippen LogP contribution in [0.1, 0.15) is 19.4 Å². The zero-order chi connectivity index (χ0) is 12.1. The molecule has 92 valence electrons. The van der Waals surface area contributed by atoms with Crippen molar-refractivity contribution in [2.75, 3.05) is 13.2 Å². The average molecular weight is 240 g/mol. The molecule has 0 aliphatic rings. The molecule has 0 fully saturated rings. The molecule has 0 saturated heterocycles. The van der Waals surface area contributed by atoms with E-state index < -0.39 is 0 Å². The molecule has 4 heteroatoms. The van der Waals surface area contributed by atoms with Crippen LogP contribution in [-0.2, 0) is 9.47 Å². The number of hydrogen-bond acceptors (Lipinski definition) is 3. The minimum absolute atomic E-state index is 0. The quantitative estimate of drug-likeness (QED) is 0.416. The van der Waals surface area contributed by atoms with Gasteiger partial charge in [0.15, 0.2) is 0 Å². The van der Waals surface area contributed by atoms with Gasteiger partial charge in [-0.05, 0) is 26.2 Å². The van der Waals surface area contributed by atoms with Crippen LogP contribution in [0.2, 0.25) is 0 Å². The largest absolute Gasteiger partial charge is 1.00 e. The molecule has 0 unspecified atom stereocenters. The van der Waals surface area contributed by atoms with Gasteiger partial charge in [-0.3, -0.25) is 0 Å². The minimum Gasteiger partial charge on any atom is -0.534 e. The summed E-state index contributed by atoms with van der Waals surface area (Å²) in [7, 11) is 0. The van der Waals surface area contributed by atoms with Crippen LogP contribution < -0.4 is 18.9 Å². The van der Waals surface area contributed by atoms with E-state index in [2.05, 4.69) is 0 Å². The predicted octanol–water partition coefficient (Wildman–Crippen LogP) is 0.388. The van der Waals surface area contributed by atoms with Gasteiger partial charge >= 0.3 is 18.9 Å². The first kappa shape index (κ1) is 15.2. The van der Waals surface area contributed by atoms with Gasteiger partial charge in [-0.25, -0.2) is 0 Å². The van der Waals surface area contributed by atoms with Gasteiger partial charge in [0.1, 0.15) is 6.29 Å². The molecule has 2 aromatic rings. The van der Waals surface area contributed by atoms with Crippen molar-refractivity contribution in [1.29, 1.82) is 0 Å². The Balaban J connectivity index is 0.00000162. The topological polar surface area (TPSA) is 31.6 Å². The zero-order valence-electron chi connectivity index (χ0n) is 11.2. The van der Waals surface area contributed by atoms with E-state index in [1.54, 1.807) is 6.26 Å². The Hall–Kier alpha value is -0.853. The second-order valence-corrected chi connectivity index (χ2v) is 3.63. The molecule has 0 spiro atoms. The van der Waals surface area contributed by atoms with Crippen LogP contribution in [0.4, 0.5) is 0 Å². The average Bonchev–Trinajstić information content (AvgIpc) is 2.74. The van der Waals surface area contributed by atoms with Gasteiger partial charge in [0.25, 0.3) is 0 Å². The molecule has 0 aliphatic heterocycles. The Morgan fingerprint density at radius 2 is 1.83 bits per heavy atom. The molecule has 0 saturated carbocycles. The zero-order valence-corrected chi connectivity index (χ0v) is 11.2. The third-order valence-electron chi connectivity index (χ3n) is 2.49. The monoisotopic (exact) mass is 240 g/mol. The molecule has 0 atom stereocenters. The summed E-state index contributed by atoms with van der Waals surface area (Å²) in [5.41, 5.74) is 1.89. The van der Waals surface area contributed by atoms with Gasteiger partial charge in [-0.2, -0.15) is 0 Å². The van der Waals surface area contributed by atoms with E-state index in [9.17, 15) is 0 Å². The summed E-state index contributed by atoms with van der Waals surface area (Å²) in [6.07, 6.45) is 3.36. The summed E-state index contributed by atoms with van der Waals surface area (Å²) in [6.45, 7) is 5.15. The van der Waals surface area contributed by atoms with Crippen molar-refractivity contribution in [3.8, 4) is 0 Å². The summed E-state index contributed by atoms with van der Waals surface area (Å²) >= 11 is 0. The van der Waals surface area contributed by atoms with Crippen LogP contribution in [0.5, 0.6) is 0 Å². The maximum absolute atomic E-state index is 5.49. The molecule has 18 heavy (non-hydrogen) atoms. The molecular weight excluding hydrogens is 223 g/mol. The smallest absolute Gasteiger partial charge is 0.534 e. The van der Waals surface area contributed by atoms with Gasteiger partial charge in [-0.15, -0.1) is 18.1 Å². The fourth-order valence-corrected chi connectivity index (χ4v) is 1.75. The van der Waals surface area contributed by atoms with Crippen molar-refractivity contribution < 1.29 is 32.8 Å². The van der Waals surface area contributed by atoms with Crippen LogP contribution in [0.25, 0.3) is 11.0 Å². The van der Waals surface area contributed by atoms with Crippen LogP contribution in [-0.4, -0.2) is 19.5 Å². The van der Waals surface area contributed by atoms with Gasteiger partial charge in [-0.1, -0.05) is 17.5 Å². The summed E-state index contributed by atoms with van der Waals surface area (Å²) < 4.78 is 16.4. The third kappa shape index (κ3) is 3.57. The number of hydrogen-bond donors (Lipinski definition) is 0. The summed E-state index contributed by atoms with van der Waals surface area (Å²) in [5.74, 6) is 0. The van der Waals surface area contributed by atoms with E-state index >= 15 is 0 Å². The van der Waals surface area contributed by atoms with E-state index in [-0.39, 0.29) is 25.2 Å². The van der Waals surface area contributed by atoms with E-state index in [4.69, 9.17) is 13.9 Å². The third-order valence-corrected chi connectivity index (χ3v) is 2.49. The first-order valence-electron chi connectivity index (χ1n) is 5.89. The number of fused-ring (bicyclic) bond motifs is 1. The summed E-state index contributed by atoms with van der Waals surface area (Å²) in [6, 6.07) is 7.92. The van der Waals surface area contributed by atoms with Crippen molar-refractivity contribution in [3.05, 3.63) is 42.5 Å². The Morgan fingerprint density at radius 3 is 2.50 bits per heavy atom. The summed E-state index contributed by atoms with van der Waals surface area (Å²) in [5, 5.41) is 1.08. The first-order chi connectivity index (χ1) is 8.35. The Bertz CT molecular complexity index is 461. The van der Waals surface area contributed by atoms with Crippen LogP contribution in [0.15, 0.2) is 34.9 Å². The second kappa shape index (κ2) is 7.55. The van der Waals surface area contributed by atoms with Crippen LogP contribution in [0.3, 0.4) is 0 Å². The number of ether oxygens (including phenoxy) is 2. The van der Waals surface area contributed by atoms with Crippen molar-refractivity contribution in [2.24, 2.45) is 0 Å². The van der Waals surface area contributed by atoms with Crippen molar-refractivity contribution in [3.63, 3.8) is 0 Å². The normalized spacial score (nSPS) is 10.6. The van der Waals surface area contributed by atoms with Crippen LogP contribution >= 0.6 is 0 Å². The number of furan rings is 1. The maximum Gasteiger partial charge on any atom is 1.00 e. The molecular formula is C14H17LiO3. The number of rotatable bonds is 6. The van der Waals surface area contributed by atoms with E-state index in [1.807, 2.05) is 44.5 Å². The van der Waals surface area contributed by atoms with Crippen molar-refractivity contribution >= 4 is 11.0 Å². The van der Waals surface area contributed by atoms with Crippen molar-refractivity contribution in [1.82, 2.24) is 0 Å². The van der Waals surface area contributed by atoms with Gasteiger partial charge in [0.05, 0.1) is 5.58 Å². The molecule has 0 amide bonds. The minimum atomic E-state index is -0.314. The van der Waals surface area contributed by atoms with Gasteiger partial charge in [0.2, 0.25) is 0 Å². The molecule has 0 N–H and O–H groups in total.